The van der Waals surface area contributed by atoms with Crippen LogP contribution in [0.4, 0.5) is 0 Å². The fourth-order valence-corrected chi connectivity index (χ4v) is 1.52. The SMILES string of the molecule is Clc1ccccc1Cl.O=C1CCCCCO1. The molecule has 0 aromatic heterocycles. The van der Waals surface area contributed by atoms with Crippen LogP contribution in [0.25, 0.3) is 0 Å². The van der Waals surface area contributed by atoms with E-state index in [1.54, 1.807) is 12.1 Å². The van der Waals surface area contributed by atoms with E-state index >= 15 is 0 Å². The molecule has 88 valence electrons. The molecule has 0 radical (unpaired) electrons. The van der Waals surface area contributed by atoms with E-state index in [0.717, 1.165) is 19.3 Å². The Morgan fingerprint density at radius 3 is 2.19 bits per heavy atom. The third-order valence-corrected chi connectivity index (χ3v) is 2.87. The van der Waals surface area contributed by atoms with Gasteiger partial charge >= 0.3 is 5.97 Å². The molecule has 2 rings (SSSR count). The number of esters is 1. The summed E-state index contributed by atoms with van der Waals surface area (Å²) >= 11 is 11.2. The highest BCUT2D eigenvalue weighted by Crippen LogP contribution is 2.19. The molecule has 0 spiro atoms. The van der Waals surface area contributed by atoms with Crippen LogP contribution >= 0.6 is 23.2 Å². The van der Waals surface area contributed by atoms with Crippen molar-refractivity contribution in [2.45, 2.75) is 25.7 Å². The van der Waals surface area contributed by atoms with Crippen LogP contribution in [-0.2, 0) is 9.53 Å². The van der Waals surface area contributed by atoms with Crippen molar-refractivity contribution in [1.82, 2.24) is 0 Å². The zero-order chi connectivity index (χ0) is 11.8. The summed E-state index contributed by atoms with van der Waals surface area (Å²) in [6.07, 6.45) is 3.83. The molecule has 1 aromatic rings. The minimum Gasteiger partial charge on any atom is -0.466 e. The van der Waals surface area contributed by atoms with Gasteiger partial charge in [0.15, 0.2) is 0 Å². The smallest absolute Gasteiger partial charge is 0.305 e. The molecule has 0 N–H and O–H groups in total. The summed E-state index contributed by atoms with van der Waals surface area (Å²) in [7, 11) is 0. The van der Waals surface area contributed by atoms with E-state index in [2.05, 4.69) is 0 Å². The molecule has 0 saturated carbocycles. The lowest BCUT2D eigenvalue weighted by atomic mass is 10.2. The number of halogens is 2. The van der Waals surface area contributed by atoms with Gasteiger partial charge < -0.3 is 4.74 Å². The van der Waals surface area contributed by atoms with Crippen molar-refractivity contribution in [2.75, 3.05) is 6.61 Å². The lowest BCUT2D eigenvalue weighted by Gasteiger charge is -1.93. The largest absolute Gasteiger partial charge is 0.466 e. The van der Waals surface area contributed by atoms with Crippen molar-refractivity contribution >= 4 is 29.2 Å². The number of ether oxygens (including phenoxy) is 1. The summed E-state index contributed by atoms with van der Waals surface area (Å²) in [4.78, 5) is 10.5. The van der Waals surface area contributed by atoms with Gasteiger partial charge in [-0.1, -0.05) is 35.3 Å². The van der Waals surface area contributed by atoms with Crippen LogP contribution in [0, 0.1) is 0 Å². The van der Waals surface area contributed by atoms with E-state index in [1.165, 1.54) is 0 Å². The van der Waals surface area contributed by atoms with Crippen LogP contribution in [0.15, 0.2) is 24.3 Å². The van der Waals surface area contributed by atoms with E-state index in [1.807, 2.05) is 12.1 Å². The molecular formula is C12H14Cl2O2. The number of hydrogen-bond donors (Lipinski definition) is 0. The Morgan fingerprint density at radius 2 is 1.62 bits per heavy atom. The summed E-state index contributed by atoms with van der Waals surface area (Å²) in [6, 6.07) is 7.19. The highest BCUT2D eigenvalue weighted by atomic mass is 35.5. The number of hydrogen-bond acceptors (Lipinski definition) is 2. The van der Waals surface area contributed by atoms with Crippen LogP contribution in [-0.4, -0.2) is 12.6 Å². The number of carbonyl (C=O) groups excluding carboxylic acids is 1. The standard InChI is InChI=1S/C6H4Cl2.C6H10O2/c7-5-3-1-2-4-6(5)8;7-6-4-2-1-3-5-8-6/h1-4H;1-5H2. The highest BCUT2D eigenvalue weighted by molar-refractivity contribution is 6.41. The highest BCUT2D eigenvalue weighted by Gasteiger charge is 2.05. The van der Waals surface area contributed by atoms with E-state index in [9.17, 15) is 4.79 Å². The lowest BCUT2D eigenvalue weighted by Crippen LogP contribution is -2.00. The van der Waals surface area contributed by atoms with Crippen LogP contribution < -0.4 is 0 Å². The van der Waals surface area contributed by atoms with Gasteiger partial charge in [-0.3, -0.25) is 4.79 Å². The van der Waals surface area contributed by atoms with Crippen LogP contribution in [0.5, 0.6) is 0 Å². The second-order valence-electron chi connectivity index (χ2n) is 3.45. The number of benzene rings is 1. The number of carbonyl (C=O) groups is 1. The molecule has 4 heteroatoms. The second kappa shape index (κ2) is 7.53. The van der Waals surface area contributed by atoms with Gasteiger partial charge in [-0.05, 0) is 31.4 Å². The fourth-order valence-electron chi connectivity index (χ4n) is 1.25. The van der Waals surface area contributed by atoms with Gasteiger partial charge in [0.05, 0.1) is 16.7 Å². The number of cyclic esters (lactones) is 1. The average Bonchev–Trinajstić information content (AvgIpc) is 2.51. The molecular weight excluding hydrogens is 247 g/mol. The Morgan fingerprint density at radius 1 is 1.00 bits per heavy atom. The predicted molar refractivity (Wildman–Crippen MR) is 65.9 cm³/mol. The molecule has 0 bridgehead atoms. The molecule has 0 aliphatic carbocycles. The molecule has 0 amide bonds. The molecule has 0 unspecified atom stereocenters. The third kappa shape index (κ3) is 5.38. The second-order valence-corrected chi connectivity index (χ2v) is 4.26. The van der Waals surface area contributed by atoms with Gasteiger partial charge in [-0.2, -0.15) is 0 Å². The van der Waals surface area contributed by atoms with Crippen LogP contribution in [0.2, 0.25) is 10.0 Å². The zero-order valence-electron chi connectivity index (χ0n) is 8.92. The van der Waals surface area contributed by atoms with Gasteiger partial charge in [-0.15, -0.1) is 0 Å². The lowest BCUT2D eigenvalue weighted by molar-refractivity contribution is -0.142. The summed E-state index contributed by atoms with van der Waals surface area (Å²) in [5.41, 5.74) is 0. The minimum absolute atomic E-state index is 0.0255. The first kappa shape index (κ1) is 13.3. The maximum absolute atomic E-state index is 10.5. The van der Waals surface area contributed by atoms with Gasteiger partial charge in [0, 0.05) is 6.42 Å². The van der Waals surface area contributed by atoms with Crippen molar-refractivity contribution in [3.63, 3.8) is 0 Å². The summed E-state index contributed by atoms with van der Waals surface area (Å²) in [5, 5.41) is 1.21. The van der Waals surface area contributed by atoms with E-state index in [4.69, 9.17) is 27.9 Å². The monoisotopic (exact) mass is 260 g/mol. The first-order chi connectivity index (χ1) is 7.70. The Kier molecular flexibility index (Phi) is 6.27. The predicted octanol–water partition coefficient (Wildman–Crippen LogP) is 4.10. The maximum atomic E-state index is 10.5. The van der Waals surface area contributed by atoms with E-state index < -0.39 is 0 Å². The summed E-state index contributed by atoms with van der Waals surface area (Å²) in [5.74, 6) is -0.0255. The van der Waals surface area contributed by atoms with Crippen molar-refractivity contribution in [3.8, 4) is 0 Å². The first-order valence-corrected chi connectivity index (χ1v) is 6.01. The molecule has 1 aromatic carbocycles. The van der Waals surface area contributed by atoms with Crippen LogP contribution in [0.3, 0.4) is 0 Å². The van der Waals surface area contributed by atoms with Gasteiger partial charge in [0.25, 0.3) is 0 Å². The first-order valence-electron chi connectivity index (χ1n) is 5.26. The Hall–Kier alpha value is -0.730. The van der Waals surface area contributed by atoms with Crippen molar-refractivity contribution < 1.29 is 9.53 Å². The Bertz CT molecular complexity index is 309. The zero-order valence-corrected chi connectivity index (χ0v) is 10.4. The minimum atomic E-state index is -0.0255. The van der Waals surface area contributed by atoms with Crippen LogP contribution in [0.1, 0.15) is 25.7 Å². The molecule has 0 atom stereocenters. The Labute approximate surface area is 106 Å². The average molecular weight is 261 g/mol. The van der Waals surface area contributed by atoms with E-state index in [0.29, 0.717) is 23.1 Å². The summed E-state index contributed by atoms with van der Waals surface area (Å²) in [6.45, 7) is 0.638. The molecule has 1 saturated heterocycles. The maximum Gasteiger partial charge on any atom is 0.305 e. The van der Waals surface area contributed by atoms with Crippen molar-refractivity contribution in [3.05, 3.63) is 34.3 Å². The van der Waals surface area contributed by atoms with Crippen molar-refractivity contribution in [2.24, 2.45) is 0 Å². The molecule has 16 heavy (non-hydrogen) atoms. The topological polar surface area (TPSA) is 26.3 Å². The van der Waals surface area contributed by atoms with Gasteiger partial charge in [-0.25, -0.2) is 0 Å². The molecule has 1 aliphatic heterocycles. The number of rotatable bonds is 0. The quantitative estimate of drug-likeness (QED) is 0.657. The molecule has 1 fully saturated rings. The van der Waals surface area contributed by atoms with E-state index in [-0.39, 0.29) is 5.97 Å². The van der Waals surface area contributed by atoms with Crippen molar-refractivity contribution in [1.29, 1.82) is 0 Å². The normalized spacial score (nSPS) is 15.5. The molecule has 1 heterocycles. The summed E-state index contributed by atoms with van der Waals surface area (Å²) < 4.78 is 4.76. The Balaban J connectivity index is 0.000000160. The van der Waals surface area contributed by atoms with Gasteiger partial charge in [0.2, 0.25) is 0 Å². The molecule has 2 nitrogen and oxygen atoms in total. The third-order valence-electron chi connectivity index (χ3n) is 2.11. The fraction of sp³-hybridized carbons (Fsp3) is 0.417. The molecule has 1 aliphatic rings. The van der Waals surface area contributed by atoms with Gasteiger partial charge in [0.1, 0.15) is 0 Å².